The predicted molar refractivity (Wildman–Crippen MR) is 105 cm³/mol. The maximum absolute atomic E-state index is 10.5. The van der Waals surface area contributed by atoms with Crippen LogP contribution in [0.3, 0.4) is 0 Å². The van der Waals surface area contributed by atoms with Crippen LogP contribution in [-0.4, -0.2) is 52.3 Å². The molecule has 5 nitrogen and oxygen atoms in total. The first kappa shape index (κ1) is 18.1. The van der Waals surface area contributed by atoms with E-state index in [2.05, 4.69) is 29.0 Å². The van der Waals surface area contributed by atoms with Crippen molar-refractivity contribution in [1.29, 1.82) is 0 Å². The Bertz CT molecular complexity index is 768. The van der Waals surface area contributed by atoms with Crippen LogP contribution in [0.1, 0.15) is 61.8 Å². The fraction of sp³-hybridized carbons (Fsp3) is 0.700. The van der Waals surface area contributed by atoms with E-state index in [1.54, 1.807) is 17.7 Å². The molecule has 2 atom stereocenters. The number of hydrogen-bond acceptors (Lipinski definition) is 6. The third kappa shape index (κ3) is 3.23. The molecular weight excluding hydrogens is 346 g/mol. The van der Waals surface area contributed by atoms with E-state index in [9.17, 15) is 5.11 Å². The number of thiophene rings is 1. The predicted octanol–water partition coefficient (Wildman–Crippen LogP) is 3.74. The van der Waals surface area contributed by atoms with Gasteiger partial charge in [-0.2, -0.15) is 0 Å². The fourth-order valence-electron chi connectivity index (χ4n) is 4.58. The highest BCUT2D eigenvalue weighted by Crippen LogP contribution is 2.47. The SMILES string of the molecule is CCC(O)[C@H]1CCc2sc3ncnc(O[C@H]4CC[C@H](N(C)C)CC4)c3c21. The van der Waals surface area contributed by atoms with Crippen LogP contribution >= 0.6 is 11.3 Å². The van der Waals surface area contributed by atoms with E-state index in [1.165, 1.54) is 23.3 Å². The van der Waals surface area contributed by atoms with Gasteiger partial charge in [-0.1, -0.05) is 6.92 Å². The Hall–Kier alpha value is -1.24. The van der Waals surface area contributed by atoms with Crippen molar-refractivity contribution in [3.63, 3.8) is 0 Å². The molecule has 4 rings (SSSR count). The Morgan fingerprint density at radius 3 is 2.69 bits per heavy atom. The average Bonchev–Trinajstić information content (AvgIpc) is 3.21. The van der Waals surface area contributed by atoms with Gasteiger partial charge in [-0.3, -0.25) is 0 Å². The molecule has 1 unspecified atom stereocenters. The largest absolute Gasteiger partial charge is 0.474 e. The molecule has 26 heavy (non-hydrogen) atoms. The lowest BCUT2D eigenvalue weighted by molar-refractivity contribution is 0.108. The minimum atomic E-state index is -0.294. The van der Waals surface area contributed by atoms with Gasteiger partial charge in [0.15, 0.2) is 0 Å². The normalized spacial score (nSPS) is 27.0. The molecule has 1 saturated carbocycles. The third-order valence-corrected chi connectivity index (χ3v) is 7.33. The number of fused-ring (bicyclic) bond motifs is 3. The zero-order chi connectivity index (χ0) is 18.3. The van der Waals surface area contributed by atoms with Crippen molar-refractivity contribution >= 4 is 21.6 Å². The van der Waals surface area contributed by atoms with E-state index in [4.69, 9.17) is 4.74 Å². The molecule has 6 heteroatoms. The van der Waals surface area contributed by atoms with Crippen LogP contribution in [0.15, 0.2) is 6.33 Å². The van der Waals surface area contributed by atoms with E-state index in [0.29, 0.717) is 6.04 Å². The number of aliphatic hydroxyl groups is 1. The second kappa shape index (κ2) is 7.41. The molecule has 2 heterocycles. The Kier molecular flexibility index (Phi) is 5.17. The summed E-state index contributed by atoms with van der Waals surface area (Å²) in [4.78, 5) is 13.7. The second-order valence-electron chi connectivity index (χ2n) is 7.93. The summed E-state index contributed by atoms with van der Waals surface area (Å²) in [6, 6.07) is 0.662. The molecule has 1 fully saturated rings. The van der Waals surface area contributed by atoms with Crippen LogP contribution in [0.25, 0.3) is 10.2 Å². The van der Waals surface area contributed by atoms with E-state index in [-0.39, 0.29) is 18.1 Å². The summed E-state index contributed by atoms with van der Waals surface area (Å²) in [5.41, 5.74) is 1.26. The lowest BCUT2D eigenvalue weighted by Gasteiger charge is -2.32. The Morgan fingerprint density at radius 2 is 2.00 bits per heavy atom. The molecule has 0 spiro atoms. The van der Waals surface area contributed by atoms with Gasteiger partial charge in [0.05, 0.1) is 11.5 Å². The van der Waals surface area contributed by atoms with Crippen molar-refractivity contribution in [3.8, 4) is 5.88 Å². The number of aryl methyl sites for hydroxylation is 1. The number of rotatable bonds is 5. The van der Waals surface area contributed by atoms with Gasteiger partial charge >= 0.3 is 0 Å². The summed E-state index contributed by atoms with van der Waals surface area (Å²) in [7, 11) is 4.32. The quantitative estimate of drug-likeness (QED) is 0.863. The lowest BCUT2D eigenvalue weighted by Crippen LogP contribution is -2.35. The third-order valence-electron chi connectivity index (χ3n) is 6.16. The number of aromatic nitrogens is 2. The summed E-state index contributed by atoms with van der Waals surface area (Å²) in [5.74, 6) is 0.928. The van der Waals surface area contributed by atoms with Gasteiger partial charge in [-0.05, 0) is 64.6 Å². The molecule has 142 valence electrons. The monoisotopic (exact) mass is 375 g/mol. The summed E-state index contributed by atoms with van der Waals surface area (Å²) in [5, 5.41) is 11.6. The van der Waals surface area contributed by atoms with E-state index in [1.807, 2.05) is 6.92 Å². The smallest absolute Gasteiger partial charge is 0.225 e. The maximum Gasteiger partial charge on any atom is 0.225 e. The summed E-state index contributed by atoms with van der Waals surface area (Å²) >= 11 is 1.75. The van der Waals surface area contributed by atoms with Gasteiger partial charge in [-0.25, -0.2) is 9.97 Å². The molecule has 2 aliphatic carbocycles. The first-order valence-corrected chi connectivity index (χ1v) is 10.7. The molecular formula is C20H29N3O2S. The highest BCUT2D eigenvalue weighted by atomic mass is 32.1. The van der Waals surface area contributed by atoms with Crippen LogP contribution in [0.5, 0.6) is 5.88 Å². The topological polar surface area (TPSA) is 58.5 Å². The van der Waals surface area contributed by atoms with Gasteiger partial charge in [0, 0.05) is 16.8 Å². The summed E-state index contributed by atoms with van der Waals surface area (Å²) in [6.45, 7) is 2.05. The average molecular weight is 376 g/mol. The van der Waals surface area contributed by atoms with Crippen molar-refractivity contribution in [2.45, 2.75) is 76.0 Å². The zero-order valence-electron chi connectivity index (χ0n) is 15.9. The van der Waals surface area contributed by atoms with Crippen molar-refractivity contribution in [2.75, 3.05) is 14.1 Å². The molecule has 0 radical (unpaired) electrons. The van der Waals surface area contributed by atoms with Crippen molar-refractivity contribution in [3.05, 3.63) is 16.8 Å². The lowest BCUT2D eigenvalue weighted by atomic mass is 9.92. The number of aliphatic hydroxyl groups excluding tert-OH is 1. The maximum atomic E-state index is 10.5. The Labute approximate surface area is 159 Å². The Balaban J connectivity index is 1.61. The van der Waals surface area contributed by atoms with Gasteiger partial charge in [0.1, 0.15) is 17.3 Å². The molecule has 0 aliphatic heterocycles. The molecule has 2 aliphatic rings. The van der Waals surface area contributed by atoms with Gasteiger partial charge in [0.2, 0.25) is 5.88 Å². The van der Waals surface area contributed by atoms with Crippen molar-refractivity contribution < 1.29 is 9.84 Å². The van der Waals surface area contributed by atoms with Gasteiger partial charge in [-0.15, -0.1) is 11.3 Å². The number of ether oxygens (including phenoxy) is 1. The van der Waals surface area contributed by atoms with Gasteiger partial charge < -0.3 is 14.7 Å². The molecule has 0 bridgehead atoms. The van der Waals surface area contributed by atoms with Crippen LogP contribution in [-0.2, 0) is 6.42 Å². The molecule has 2 aromatic heterocycles. The highest BCUT2D eigenvalue weighted by molar-refractivity contribution is 7.19. The molecule has 0 amide bonds. The van der Waals surface area contributed by atoms with E-state index >= 15 is 0 Å². The van der Waals surface area contributed by atoms with E-state index < -0.39 is 0 Å². The van der Waals surface area contributed by atoms with Crippen molar-refractivity contribution in [1.82, 2.24) is 14.9 Å². The first-order valence-electron chi connectivity index (χ1n) is 9.85. The summed E-state index contributed by atoms with van der Waals surface area (Å²) < 4.78 is 6.40. The van der Waals surface area contributed by atoms with E-state index in [0.717, 1.165) is 48.2 Å². The minimum absolute atomic E-state index is 0.196. The summed E-state index contributed by atoms with van der Waals surface area (Å²) in [6.07, 6.45) is 8.88. The van der Waals surface area contributed by atoms with Crippen LogP contribution in [0.4, 0.5) is 0 Å². The van der Waals surface area contributed by atoms with Gasteiger partial charge in [0.25, 0.3) is 0 Å². The first-order chi connectivity index (χ1) is 12.6. The number of nitrogens with zero attached hydrogens (tertiary/aromatic N) is 3. The minimum Gasteiger partial charge on any atom is -0.474 e. The van der Waals surface area contributed by atoms with Crippen LogP contribution < -0.4 is 4.74 Å². The molecule has 2 aromatic rings. The second-order valence-corrected chi connectivity index (χ2v) is 9.01. The van der Waals surface area contributed by atoms with Crippen LogP contribution in [0.2, 0.25) is 0 Å². The van der Waals surface area contributed by atoms with Crippen molar-refractivity contribution in [2.24, 2.45) is 0 Å². The molecule has 0 aromatic carbocycles. The van der Waals surface area contributed by atoms with Crippen LogP contribution in [0, 0.1) is 0 Å². The zero-order valence-corrected chi connectivity index (χ0v) is 16.8. The standard InChI is InChI=1S/C20H29N3O2S/c1-4-15(24)14-9-10-16-17(14)18-19(21-11-22-20(18)26-16)25-13-7-5-12(6-8-13)23(2)3/h11-15,24H,4-10H2,1-3H3/t12-,13-,14-,15?/m1/s1. The number of hydrogen-bond donors (Lipinski definition) is 1. The fourth-order valence-corrected chi connectivity index (χ4v) is 5.79. The molecule has 1 N–H and O–H groups in total. The molecule has 0 saturated heterocycles. The highest BCUT2D eigenvalue weighted by Gasteiger charge is 2.34. The Morgan fingerprint density at radius 1 is 1.23 bits per heavy atom.